The largest absolute Gasteiger partial charge is 0.493 e. The number of carbonyl (C=O) groups is 1. The quantitative estimate of drug-likeness (QED) is 0.268. The van der Waals surface area contributed by atoms with Gasteiger partial charge in [-0.2, -0.15) is 0 Å². The predicted molar refractivity (Wildman–Crippen MR) is 122 cm³/mol. The molecule has 160 valence electrons. The number of nitrogens with zero attached hydrogens (tertiary/aromatic N) is 1. The third-order valence-corrected chi connectivity index (χ3v) is 4.91. The normalized spacial score (nSPS) is 10.9. The van der Waals surface area contributed by atoms with Gasteiger partial charge >= 0.3 is 0 Å². The Labute approximate surface area is 182 Å². The standard InChI is InChI=1S/C22H27N3O4S/c1-15-9-10-16(2)19(13-15)29-12-6-11-22(3,4)20(26)24-21(30)23-17-7-5-8-18(14-17)25(27)28/h5,7-10,13-14H,6,11-12H2,1-4H3,(H2,23,24,26,30). The van der Waals surface area contributed by atoms with E-state index in [2.05, 4.69) is 10.6 Å². The number of nitro benzene ring substituents is 1. The average molecular weight is 430 g/mol. The van der Waals surface area contributed by atoms with Crippen molar-refractivity contribution in [3.05, 3.63) is 63.7 Å². The van der Waals surface area contributed by atoms with Crippen LogP contribution in [-0.4, -0.2) is 22.5 Å². The summed E-state index contributed by atoms with van der Waals surface area (Å²) in [5, 5.41) is 16.4. The van der Waals surface area contributed by atoms with Crippen molar-refractivity contribution >= 4 is 34.6 Å². The number of hydrogen-bond acceptors (Lipinski definition) is 5. The first-order chi connectivity index (χ1) is 14.1. The zero-order chi connectivity index (χ0) is 22.3. The fourth-order valence-electron chi connectivity index (χ4n) is 2.80. The van der Waals surface area contributed by atoms with E-state index in [0.29, 0.717) is 25.1 Å². The average Bonchev–Trinajstić information content (AvgIpc) is 2.67. The molecule has 0 saturated carbocycles. The van der Waals surface area contributed by atoms with E-state index in [9.17, 15) is 14.9 Å². The van der Waals surface area contributed by atoms with Crippen molar-refractivity contribution in [1.29, 1.82) is 0 Å². The molecule has 2 aromatic carbocycles. The van der Waals surface area contributed by atoms with Crippen molar-refractivity contribution in [2.24, 2.45) is 5.41 Å². The fourth-order valence-corrected chi connectivity index (χ4v) is 3.02. The van der Waals surface area contributed by atoms with E-state index in [1.165, 1.54) is 12.1 Å². The maximum Gasteiger partial charge on any atom is 0.271 e. The number of anilines is 1. The highest BCUT2D eigenvalue weighted by molar-refractivity contribution is 7.80. The van der Waals surface area contributed by atoms with Crippen LogP contribution in [0, 0.1) is 29.4 Å². The molecule has 30 heavy (non-hydrogen) atoms. The summed E-state index contributed by atoms with van der Waals surface area (Å²) in [4.78, 5) is 23.0. The van der Waals surface area contributed by atoms with Crippen LogP contribution in [0.4, 0.5) is 11.4 Å². The summed E-state index contributed by atoms with van der Waals surface area (Å²) in [7, 11) is 0. The lowest BCUT2D eigenvalue weighted by Crippen LogP contribution is -2.42. The van der Waals surface area contributed by atoms with E-state index in [1.54, 1.807) is 12.1 Å². The van der Waals surface area contributed by atoms with Crippen molar-refractivity contribution in [2.45, 2.75) is 40.5 Å². The van der Waals surface area contributed by atoms with Crippen LogP contribution in [0.25, 0.3) is 0 Å². The minimum atomic E-state index is -0.653. The number of nitrogens with one attached hydrogen (secondary N) is 2. The number of nitro groups is 1. The van der Waals surface area contributed by atoms with Crippen LogP contribution >= 0.6 is 12.2 Å². The maximum atomic E-state index is 12.6. The number of hydrogen-bond donors (Lipinski definition) is 2. The molecule has 2 rings (SSSR count). The first-order valence-corrected chi connectivity index (χ1v) is 10.1. The van der Waals surface area contributed by atoms with Gasteiger partial charge in [0.05, 0.1) is 11.5 Å². The molecular weight excluding hydrogens is 402 g/mol. The van der Waals surface area contributed by atoms with E-state index in [1.807, 2.05) is 45.9 Å². The second kappa shape index (κ2) is 10.2. The molecule has 0 atom stereocenters. The molecule has 0 saturated heterocycles. The van der Waals surface area contributed by atoms with Gasteiger partial charge < -0.3 is 15.4 Å². The van der Waals surface area contributed by atoms with Crippen LogP contribution < -0.4 is 15.4 Å². The third kappa shape index (κ3) is 6.81. The van der Waals surface area contributed by atoms with Crippen LogP contribution in [0.1, 0.15) is 37.8 Å². The summed E-state index contributed by atoms with van der Waals surface area (Å²) in [6, 6.07) is 12.0. The minimum Gasteiger partial charge on any atom is -0.493 e. The Bertz CT molecular complexity index is 944. The van der Waals surface area contributed by atoms with Crippen LogP contribution in [-0.2, 0) is 4.79 Å². The number of rotatable bonds is 8. The van der Waals surface area contributed by atoms with Gasteiger partial charge in [-0.05, 0) is 62.2 Å². The van der Waals surface area contributed by atoms with Gasteiger partial charge in [-0.3, -0.25) is 14.9 Å². The molecule has 7 nitrogen and oxygen atoms in total. The molecule has 0 aliphatic rings. The molecule has 2 aromatic rings. The number of ether oxygens (including phenoxy) is 1. The second-order valence-corrected chi connectivity index (χ2v) is 8.23. The van der Waals surface area contributed by atoms with Gasteiger partial charge in [0.1, 0.15) is 5.75 Å². The molecule has 0 spiro atoms. The Morgan fingerprint density at radius 1 is 1.20 bits per heavy atom. The van der Waals surface area contributed by atoms with Gasteiger partial charge in [-0.15, -0.1) is 0 Å². The number of amides is 1. The third-order valence-electron chi connectivity index (χ3n) is 4.70. The van der Waals surface area contributed by atoms with Crippen molar-refractivity contribution < 1.29 is 14.5 Å². The van der Waals surface area contributed by atoms with E-state index in [-0.39, 0.29) is 16.7 Å². The van der Waals surface area contributed by atoms with Crippen molar-refractivity contribution in [1.82, 2.24) is 5.32 Å². The Balaban J connectivity index is 1.83. The molecular formula is C22H27N3O4S. The number of non-ortho nitro benzene ring substituents is 1. The molecule has 2 N–H and O–H groups in total. The van der Waals surface area contributed by atoms with Crippen molar-refractivity contribution in [3.8, 4) is 5.75 Å². The number of thiocarbonyl (C=S) groups is 1. The number of aryl methyl sites for hydroxylation is 2. The Kier molecular flexibility index (Phi) is 7.88. The van der Waals surface area contributed by atoms with Gasteiger partial charge in [-0.25, -0.2) is 0 Å². The highest BCUT2D eigenvalue weighted by Gasteiger charge is 2.28. The molecule has 0 aliphatic carbocycles. The molecule has 0 aliphatic heterocycles. The SMILES string of the molecule is Cc1ccc(C)c(OCCCC(C)(C)C(=O)NC(=S)Nc2cccc([N+](=O)[O-])c2)c1. The topological polar surface area (TPSA) is 93.5 Å². The summed E-state index contributed by atoms with van der Waals surface area (Å²) < 4.78 is 5.86. The van der Waals surface area contributed by atoms with E-state index in [4.69, 9.17) is 17.0 Å². The fraction of sp³-hybridized carbons (Fsp3) is 0.364. The highest BCUT2D eigenvalue weighted by Crippen LogP contribution is 2.24. The molecule has 0 unspecified atom stereocenters. The monoisotopic (exact) mass is 429 g/mol. The Morgan fingerprint density at radius 2 is 1.93 bits per heavy atom. The smallest absolute Gasteiger partial charge is 0.271 e. The number of carbonyl (C=O) groups excluding carboxylic acids is 1. The van der Waals surface area contributed by atoms with Crippen LogP contribution in [0.2, 0.25) is 0 Å². The molecule has 0 fully saturated rings. The van der Waals surface area contributed by atoms with Crippen LogP contribution in [0.3, 0.4) is 0 Å². The lowest BCUT2D eigenvalue weighted by atomic mass is 9.87. The summed E-state index contributed by atoms with van der Waals surface area (Å²) in [6.07, 6.45) is 1.32. The van der Waals surface area contributed by atoms with E-state index in [0.717, 1.165) is 16.9 Å². The van der Waals surface area contributed by atoms with Crippen LogP contribution in [0.15, 0.2) is 42.5 Å². The first kappa shape index (κ1) is 23.3. The van der Waals surface area contributed by atoms with Crippen LogP contribution in [0.5, 0.6) is 5.75 Å². The van der Waals surface area contributed by atoms with Gasteiger partial charge in [0.2, 0.25) is 5.91 Å². The van der Waals surface area contributed by atoms with Gasteiger partial charge in [0.25, 0.3) is 5.69 Å². The molecule has 0 bridgehead atoms. The summed E-state index contributed by atoms with van der Waals surface area (Å²) in [6.45, 7) is 8.22. The summed E-state index contributed by atoms with van der Waals surface area (Å²) in [5.74, 6) is 0.636. The zero-order valence-electron chi connectivity index (χ0n) is 17.7. The van der Waals surface area contributed by atoms with Crippen molar-refractivity contribution in [3.63, 3.8) is 0 Å². The molecule has 0 radical (unpaired) electrons. The number of benzene rings is 2. The Morgan fingerprint density at radius 3 is 2.63 bits per heavy atom. The predicted octanol–water partition coefficient (Wildman–Crippen LogP) is 4.91. The summed E-state index contributed by atoms with van der Waals surface area (Å²) >= 11 is 5.18. The highest BCUT2D eigenvalue weighted by atomic mass is 32.1. The lowest BCUT2D eigenvalue weighted by Gasteiger charge is -2.24. The molecule has 0 heterocycles. The van der Waals surface area contributed by atoms with Gasteiger partial charge in [-0.1, -0.05) is 32.0 Å². The van der Waals surface area contributed by atoms with E-state index >= 15 is 0 Å². The second-order valence-electron chi connectivity index (χ2n) is 7.82. The van der Waals surface area contributed by atoms with Crippen molar-refractivity contribution in [2.75, 3.05) is 11.9 Å². The van der Waals surface area contributed by atoms with Gasteiger partial charge in [0.15, 0.2) is 5.11 Å². The summed E-state index contributed by atoms with van der Waals surface area (Å²) in [5.41, 5.74) is 1.95. The zero-order valence-corrected chi connectivity index (χ0v) is 18.5. The Hall–Kier alpha value is -3.00. The van der Waals surface area contributed by atoms with E-state index < -0.39 is 10.3 Å². The minimum absolute atomic E-state index is 0.0571. The first-order valence-electron chi connectivity index (χ1n) is 9.65. The molecule has 8 heteroatoms. The molecule has 0 aromatic heterocycles. The molecule has 1 amide bonds. The lowest BCUT2D eigenvalue weighted by molar-refractivity contribution is -0.384. The maximum absolute atomic E-state index is 12.6. The van der Waals surface area contributed by atoms with Gasteiger partial charge in [0, 0.05) is 23.2 Å².